The zero-order chi connectivity index (χ0) is 16.1. The molecule has 0 aliphatic carbocycles. The van der Waals surface area contributed by atoms with Crippen LogP contribution in [0.5, 0.6) is 11.5 Å². The predicted molar refractivity (Wildman–Crippen MR) is 91.6 cm³/mol. The van der Waals surface area contributed by atoms with E-state index in [0.717, 1.165) is 22.3 Å². The van der Waals surface area contributed by atoms with Gasteiger partial charge in [0.1, 0.15) is 0 Å². The molecule has 22 heavy (non-hydrogen) atoms. The van der Waals surface area contributed by atoms with E-state index < -0.39 is 0 Å². The average Bonchev–Trinajstić information content (AvgIpc) is 2.87. The van der Waals surface area contributed by atoms with Crippen LogP contribution in [0.3, 0.4) is 0 Å². The molecule has 1 aromatic heterocycles. The average molecular weight is 385 g/mol. The van der Waals surface area contributed by atoms with Crippen molar-refractivity contribution in [1.82, 2.24) is 14.9 Å². The van der Waals surface area contributed by atoms with Crippen LogP contribution in [0.25, 0.3) is 0 Å². The fourth-order valence-corrected chi connectivity index (χ4v) is 2.67. The minimum atomic E-state index is 0.463. The van der Waals surface area contributed by atoms with Gasteiger partial charge >= 0.3 is 0 Å². The van der Waals surface area contributed by atoms with Gasteiger partial charge in [-0.25, -0.2) is 0 Å². The van der Waals surface area contributed by atoms with Gasteiger partial charge in [0, 0.05) is 6.42 Å². The van der Waals surface area contributed by atoms with Crippen molar-refractivity contribution in [2.75, 3.05) is 13.7 Å². The Balaban J connectivity index is 2.37. The van der Waals surface area contributed by atoms with E-state index in [4.69, 9.17) is 21.7 Å². The molecule has 0 saturated heterocycles. The topological polar surface area (TPSA) is 64.4 Å². The van der Waals surface area contributed by atoms with Crippen LogP contribution in [0.4, 0.5) is 0 Å². The van der Waals surface area contributed by atoms with E-state index in [-0.39, 0.29) is 0 Å². The summed E-state index contributed by atoms with van der Waals surface area (Å²) in [7, 11) is 1.60. The molecule has 118 valence electrons. The molecule has 0 spiro atoms. The van der Waals surface area contributed by atoms with Gasteiger partial charge in [-0.1, -0.05) is 6.92 Å². The molecule has 1 aromatic carbocycles. The van der Waals surface area contributed by atoms with E-state index in [1.807, 2.05) is 26.0 Å². The number of rotatable bonds is 6. The van der Waals surface area contributed by atoms with Crippen LogP contribution in [0.2, 0.25) is 0 Å². The van der Waals surface area contributed by atoms with Crippen molar-refractivity contribution in [3.63, 3.8) is 0 Å². The summed E-state index contributed by atoms with van der Waals surface area (Å²) >= 11 is 8.65. The summed E-state index contributed by atoms with van der Waals surface area (Å²) in [5.41, 5.74) is 0.859. The normalized spacial score (nSPS) is 11.1. The number of benzene rings is 1. The number of halogens is 1. The van der Waals surface area contributed by atoms with Gasteiger partial charge in [0.25, 0.3) is 0 Å². The van der Waals surface area contributed by atoms with Gasteiger partial charge < -0.3 is 9.47 Å². The van der Waals surface area contributed by atoms with Crippen molar-refractivity contribution in [2.45, 2.75) is 20.3 Å². The molecule has 8 heteroatoms. The van der Waals surface area contributed by atoms with Crippen molar-refractivity contribution in [3.05, 3.63) is 32.8 Å². The van der Waals surface area contributed by atoms with Crippen LogP contribution in [0, 0.1) is 4.77 Å². The molecule has 1 N–H and O–H groups in total. The summed E-state index contributed by atoms with van der Waals surface area (Å²) < 4.78 is 13.8. The van der Waals surface area contributed by atoms with Gasteiger partial charge in [-0.3, -0.25) is 5.10 Å². The third kappa shape index (κ3) is 3.56. The highest BCUT2D eigenvalue weighted by molar-refractivity contribution is 9.10. The minimum Gasteiger partial charge on any atom is -0.493 e. The molecular weight excluding hydrogens is 368 g/mol. The first-order valence-electron chi connectivity index (χ1n) is 6.81. The highest BCUT2D eigenvalue weighted by Gasteiger charge is 2.10. The number of hydrogen-bond acceptors (Lipinski definition) is 5. The molecule has 0 bridgehead atoms. The molecule has 0 aliphatic heterocycles. The Labute approximate surface area is 142 Å². The van der Waals surface area contributed by atoms with Gasteiger partial charge in [0.2, 0.25) is 4.77 Å². The van der Waals surface area contributed by atoms with Crippen molar-refractivity contribution in [2.24, 2.45) is 5.10 Å². The van der Waals surface area contributed by atoms with Crippen LogP contribution < -0.4 is 9.47 Å². The summed E-state index contributed by atoms with van der Waals surface area (Å²) in [5, 5.41) is 11.2. The number of hydrogen-bond donors (Lipinski definition) is 1. The predicted octanol–water partition coefficient (Wildman–Crippen LogP) is 3.56. The highest BCUT2D eigenvalue weighted by Crippen LogP contribution is 2.36. The first kappa shape index (κ1) is 16.7. The van der Waals surface area contributed by atoms with Crippen LogP contribution in [-0.4, -0.2) is 34.8 Å². The molecule has 0 amide bonds. The Morgan fingerprint density at radius 2 is 2.23 bits per heavy atom. The number of ether oxygens (including phenoxy) is 2. The molecule has 2 aromatic rings. The van der Waals surface area contributed by atoms with Gasteiger partial charge in [-0.2, -0.15) is 14.9 Å². The summed E-state index contributed by atoms with van der Waals surface area (Å²) in [6.45, 7) is 4.48. The van der Waals surface area contributed by atoms with Crippen LogP contribution >= 0.6 is 28.1 Å². The molecular formula is C14H17BrN4O2S. The van der Waals surface area contributed by atoms with Crippen molar-refractivity contribution < 1.29 is 9.47 Å². The maximum Gasteiger partial charge on any atom is 0.216 e. The Morgan fingerprint density at radius 1 is 1.45 bits per heavy atom. The smallest absolute Gasteiger partial charge is 0.216 e. The van der Waals surface area contributed by atoms with E-state index >= 15 is 0 Å². The molecule has 0 saturated carbocycles. The van der Waals surface area contributed by atoms with E-state index in [1.165, 1.54) is 0 Å². The monoisotopic (exact) mass is 384 g/mol. The van der Waals surface area contributed by atoms with Crippen LogP contribution in [0.1, 0.15) is 25.2 Å². The molecule has 2 rings (SSSR count). The third-order valence-corrected chi connectivity index (χ3v) is 3.75. The van der Waals surface area contributed by atoms with Crippen molar-refractivity contribution in [1.29, 1.82) is 0 Å². The summed E-state index contributed by atoms with van der Waals surface area (Å²) in [5.74, 6) is 2.10. The number of aromatic nitrogens is 3. The van der Waals surface area contributed by atoms with Gasteiger partial charge in [0.05, 0.1) is 24.4 Å². The number of H-pyrrole nitrogens is 1. The Morgan fingerprint density at radius 3 is 2.86 bits per heavy atom. The fraction of sp³-hybridized carbons (Fsp3) is 0.357. The Kier molecular flexibility index (Phi) is 5.73. The lowest BCUT2D eigenvalue weighted by Crippen LogP contribution is -1.99. The summed E-state index contributed by atoms with van der Waals surface area (Å²) in [6, 6.07) is 3.76. The molecule has 0 unspecified atom stereocenters. The van der Waals surface area contributed by atoms with Crippen molar-refractivity contribution >= 4 is 34.4 Å². The number of aryl methyl sites for hydroxylation is 1. The zero-order valence-electron chi connectivity index (χ0n) is 12.6. The summed E-state index contributed by atoms with van der Waals surface area (Å²) in [6.07, 6.45) is 2.44. The second kappa shape index (κ2) is 7.55. The second-order valence-corrected chi connectivity index (χ2v) is 5.56. The lowest BCUT2D eigenvalue weighted by Gasteiger charge is -2.11. The Bertz CT molecular complexity index is 739. The highest BCUT2D eigenvalue weighted by atomic mass is 79.9. The standard InChI is InChI=1S/C14H17BrN4O2S/c1-4-12-17-18-14(22)19(12)16-8-9-6-10(15)13(21-5-2)11(7-9)20-3/h6-8H,4-5H2,1-3H3,(H,18,22)/b16-8-. The largest absolute Gasteiger partial charge is 0.493 e. The van der Waals surface area contributed by atoms with E-state index in [9.17, 15) is 0 Å². The van der Waals surface area contributed by atoms with Gasteiger partial charge in [0.15, 0.2) is 17.3 Å². The van der Waals surface area contributed by atoms with Gasteiger partial charge in [-0.05, 0) is 52.8 Å². The minimum absolute atomic E-state index is 0.463. The number of nitrogens with one attached hydrogen (secondary N) is 1. The summed E-state index contributed by atoms with van der Waals surface area (Å²) in [4.78, 5) is 0. The van der Waals surface area contributed by atoms with Crippen LogP contribution in [-0.2, 0) is 6.42 Å². The maximum atomic E-state index is 5.57. The molecule has 0 aliphatic rings. The molecule has 0 atom stereocenters. The molecule has 0 radical (unpaired) electrons. The first-order chi connectivity index (χ1) is 10.6. The molecule has 6 nitrogen and oxygen atoms in total. The SMILES string of the molecule is CCOc1c(Br)cc(/C=N\n2c(CC)n[nH]c2=S)cc1OC. The zero-order valence-corrected chi connectivity index (χ0v) is 15.0. The third-order valence-electron chi connectivity index (χ3n) is 2.90. The second-order valence-electron chi connectivity index (χ2n) is 4.32. The number of nitrogens with zero attached hydrogens (tertiary/aromatic N) is 3. The lowest BCUT2D eigenvalue weighted by molar-refractivity contribution is 0.309. The fourth-order valence-electron chi connectivity index (χ4n) is 1.90. The molecule has 0 fully saturated rings. The van der Waals surface area contributed by atoms with E-state index in [1.54, 1.807) is 18.0 Å². The van der Waals surface area contributed by atoms with Crippen molar-refractivity contribution in [3.8, 4) is 11.5 Å². The van der Waals surface area contributed by atoms with E-state index in [2.05, 4.69) is 31.2 Å². The van der Waals surface area contributed by atoms with Gasteiger partial charge in [-0.15, -0.1) is 0 Å². The van der Waals surface area contributed by atoms with Crippen LogP contribution in [0.15, 0.2) is 21.7 Å². The lowest BCUT2D eigenvalue weighted by atomic mass is 10.2. The molecule has 1 heterocycles. The Hall–Kier alpha value is -1.67. The number of methoxy groups -OCH3 is 1. The number of aromatic amines is 1. The first-order valence-corrected chi connectivity index (χ1v) is 8.01. The quantitative estimate of drug-likeness (QED) is 0.610. The maximum absolute atomic E-state index is 5.57. The van der Waals surface area contributed by atoms with E-state index in [0.29, 0.717) is 22.9 Å².